The lowest BCUT2D eigenvalue weighted by atomic mass is 9.59. The van der Waals surface area contributed by atoms with Crippen LogP contribution >= 0.6 is 11.3 Å². The van der Waals surface area contributed by atoms with Crippen LogP contribution in [0, 0.1) is 45.3 Å². The molecule has 1 aliphatic heterocycles. The molecule has 2 aliphatic rings. The van der Waals surface area contributed by atoms with Crippen molar-refractivity contribution in [2.75, 3.05) is 19.6 Å². The van der Waals surface area contributed by atoms with E-state index in [0.29, 0.717) is 12.1 Å². The van der Waals surface area contributed by atoms with Crippen LogP contribution in [-0.4, -0.2) is 24.5 Å². The molecule has 0 saturated carbocycles. The fraction of sp³-hybridized carbons (Fsp3) is 0.389. The molecule has 0 saturated heterocycles. The lowest BCUT2D eigenvalue weighted by Gasteiger charge is -2.44. The fourth-order valence-electron chi connectivity index (χ4n) is 3.77. The van der Waals surface area contributed by atoms with Crippen molar-refractivity contribution in [3.63, 3.8) is 0 Å². The van der Waals surface area contributed by atoms with Gasteiger partial charge in [-0.3, -0.25) is 4.90 Å². The van der Waals surface area contributed by atoms with E-state index in [9.17, 15) is 15.8 Å². The minimum atomic E-state index is -1.51. The molecule has 1 aromatic rings. The van der Waals surface area contributed by atoms with E-state index in [2.05, 4.69) is 30.0 Å². The zero-order chi connectivity index (χ0) is 17.3. The molecule has 2 atom stereocenters. The zero-order valence-corrected chi connectivity index (χ0v) is 14.2. The highest BCUT2D eigenvalue weighted by atomic mass is 32.1. The summed E-state index contributed by atoms with van der Waals surface area (Å²) in [6.45, 7) is 4.43. The molecule has 1 aliphatic carbocycles. The summed E-state index contributed by atoms with van der Waals surface area (Å²) < 4.78 is 0. The van der Waals surface area contributed by atoms with Crippen LogP contribution < -0.4 is 5.73 Å². The third-order valence-corrected chi connectivity index (χ3v) is 5.99. The van der Waals surface area contributed by atoms with Gasteiger partial charge in [0.25, 0.3) is 0 Å². The Morgan fingerprint density at radius 2 is 2.12 bits per heavy atom. The van der Waals surface area contributed by atoms with Gasteiger partial charge in [-0.15, -0.1) is 11.3 Å². The van der Waals surface area contributed by atoms with Crippen LogP contribution in [0.25, 0.3) is 0 Å². The number of nitriles is 3. The average molecular weight is 335 g/mol. The Bertz CT molecular complexity index is 814. The molecule has 0 unspecified atom stereocenters. The number of rotatable bonds is 2. The van der Waals surface area contributed by atoms with E-state index >= 15 is 0 Å². The molecule has 6 heteroatoms. The van der Waals surface area contributed by atoms with Gasteiger partial charge in [-0.25, -0.2) is 0 Å². The Labute approximate surface area is 145 Å². The smallest absolute Gasteiger partial charge is 0.192 e. The molecule has 120 valence electrons. The van der Waals surface area contributed by atoms with Gasteiger partial charge in [0.2, 0.25) is 0 Å². The van der Waals surface area contributed by atoms with Crippen molar-refractivity contribution in [2.24, 2.45) is 17.1 Å². The summed E-state index contributed by atoms with van der Waals surface area (Å²) in [5.74, 6) is -0.441. The summed E-state index contributed by atoms with van der Waals surface area (Å²) in [6.07, 6.45) is 2.03. The second-order valence-corrected chi connectivity index (χ2v) is 7.02. The predicted octanol–water partition coefficient (Wildman–Crippen LogP) is 2.49. The van der Waals surface area contributed by atoms with Crippen molar-refractivity contribution < 1.29 is 0 Å². The van der Waals surface area contributed by atoms with Gasteiger partial charge in [0, 0.05) is 29.8 Å². The molecule has 2 N–H and O–H groups in total. The number of thiophene rings is 1. The van der Waals surface area contributed by atoms with Crippen molar-refractivity contribution >= 4 is 11.3 Å². The maximum absolute atomic E-state index is 9.88. The normalized spacial score (nSPS) is 25.8. The molecule has 0 amide bonds. The summed E-state index contributed by atoms with van der Waals surface area (Å²) in [6, 6.07) is 10.3. The summed E-state index contributed by atoms with van der Waals surface area (Å²) in [5.41, 5.74) is 6.02. The van der Waals surface area contributed by atoms with E-state index in [-0.39, 0.29) is 17.5 Å². The third kappa shape index (κ3) is 2.14. The molecule has 0 bridgehead atoms. The van der Waals surface area contributed by atoms with Crippen LogP contribution in [0.2, 0.25) is 0 Å². The van der Waals surface area contributed by atoms with Crippen molar-refractivity contribution in [3.05, 3.63) is 45.3 Å². The first-order valence-corrected chi connectivity index (χ1v) is 8.69. The van der Waals surface area contributed by atoms with E-state index in [1.807, 2.05) is 23.6 Å². The highest BCUT2D eigenvalue weighted by molar-refractivity contribution is 7.10. The topological polar surface area (TPSA) is 101 Å². The van der Waals surface area contributed by atoms with Crippen LogP contribution in [0.15, 0.2) is 40.4 Å². The minimum absolute atomic E-state index is 0.0846. The van der Waals surface area contributed by atoms with Gasteiger partial charge in [-0.1, -0.05) is 19.1 Å². The Morgan fingerprint density at radius 1 is 1.38 bits per heavy atom. The molecule has 5 nitrogen and oxygen atoms in total. The second-order valence-electron chi connectivity index (χ2n) is 6.04. The van der Waals surface area contributed by atoms with Crippen molar-refractivity contribution in [1.82, 2.24) is 4.90 Å². The van der Waals surface area contributed by atoms with Gasteiger partial charge in [-0.05, 0) is 23.6 Å². The molecule has 0 spiro atoms. The largest absolute Gasteiger partial charge is 0.399 e. The maximum atomic E-state index is 9.88. The predicted molar refractivity (Wildman–Crippen MR) is 91.2 cm³/mol. The Hall–Kier alpha value is -2.59. The number of hydrogen-bond donors (Lipinski definition) is 1. The molecule has 2 heterocycles. The molecular weight excluding hydrogens is 318 g/mol. The SMILES string of the molecule is CCN1CC=C2C(C#N)=C(N)C(C#N)(C#N)[C@H](c3cccs3)[C@H]2C1. The van der Waals surface area contributed by atoms with E-state index in [1.54, 1.807) is 0 Å². The summed E-state index contributed by atoms with van der Waals surface area (Å²) in [7, 11) is 0. The minimum Gasteiger partial charge on any atom is -0.399 e. The fourth-order valence-corrected chi connectivity index (χ4v) is 4.73. The van der Waals surface area contributed by atoms with Crippen LogP contribution in [0.5, 0.6) is 0 Å². The standard InChI is InChI=1S/C18H17N5S/c1-2-23-6-5-12-13(8-19)17(22)18(10-20,11-21)16(14(12)9-23)15-4-3-7-24-15/h3-5,7,14,16H,2,6,9,22H2,1H3/t14-,16-/m0/s1. The first-order chi connectivity index (χ1) is 11.6. The van der Waals surface area contributed by atoms with Gasteiger partial charge < -0.3 is 5.73 Å². The highest BCUT2D eigenvalue weighted by Crippen LogP contribution is 2.54. The monoisotopic (exact) mass is 335 g/mol. The lowest BCUT2D eigenvalue weighted by Crippen LogP contribution is -2.47. The second kappa shape index (κ2) is 6.13. The van der Waals surface area contributed by atoms with E-state index in [1.165, 1.54) is 11.3 Å². The summed E-state index contributed by atoms with van der Waals surface area (Å²) in [4.78, 5) is 3.22. The first-order valence-electron chi connectivity index (χ1n) is 7.81. The summed E-state index contributed by atoms with van der Waals surface area (Å²) in [5, 5.41) is 31.3. The van der Waals surface area contributed by atoms with Gasteiger partial charge in [0.15, 0.2) is 5.41 Å². The molecule has 1 aromatic heterocycles. The quantitative estimate of drug-likeness (QED) is 0.895. The number of nitrogens with two attached hydrogens (primary N) is 1. The van der Waals surface area contributed by atoms with Crippen LogP contribution in [0.3, 0.4) is 0 Å². The van der Waals surface area contributed by atoms with Crippen molar-refractivity contribution in [1.29, 1.82) is 15.8 Å². The van der Waals surface area contributed by atoms with Gasteiger partial charge in [0.1, 0.15) is 6.07 Å². The Kier molecular flexibility index (Phi) is 4.16. The zero-order valence-electron chi connectivity index (χ0n) is 13.4. The van der Waals surface area contributed by atoms with E-state index < -0.39 is 5.41 Å². The van der Waals surface area contributed by atoms with Crippen LogP contribution in [0.4, 0.5) is 0 Å². The average Bonchev–Trinajstić information content (AvgIpc) is 3.14. The van der Waals surface area contributed by atoms with Crippen molar-refractivity contribution in [3.8, 4) is 18.2 Å². The third-order valence-electron chi connectivity index (χ3n) is 5.04. The van der Waals surface area contributed by atoms with Crippen LogP contribution in [-0.2, 0) is 0 Å². The van der Waals surface area contributed by atoms with E-state index in [4.69, 9.17) is 5.73 Å². The number of nitrogens with zero attached hydrogens (tertiary/aromatic N) is 4. The molecular formula is C18H17N5S. The van der Waals surface area contributed by atoms with Crippen molar-refractivity contribution in [2.45, 2.75) is 12.8 Å². The number of likely N-dealkylation sites (N-methyl/N-ethyl adjacent to an activating group) is 1. The number of allylic oxidation sites excluding steroid dienone is 2. The van der Waals surface area contributed by atoms with Gasteiger partial charge in [-0.2, -0.15) is 15.8 Å². The highest BCUT2D eigenvalue weighted by Gasteiger charge is 2.54. The first kappa shape index (κ1) is 16.3. The number of hydrogen-bond acceptors (Lipinski definition) is 6. The number of fused-ring (bicyclic) bond motifs is 1. The molecule has 0 aromatic carbocycles. The van der Waals surface area contributed by atoms with Gasteiger partial charge >= 0.3 is 0 Å². The van der Waals surface area contributed by atoms with E-state index in [0.717, 1.165) is 23.5 Å². The molecule has 24 heavy (non-hydrogen) atoms. The molecule has 3 rings (SSSR count). The molecule has 0 radical (unpaired) electrons. The van der Waals surface area contributed by atoms with Crippen LogP contribution in [0.1, 0.15) is 17.7 Å². The molecule has 0 fully saturated rings. The summed E-state index contributed by atoms with van der Waals surface area (Å²) >= 11 is 1.53. The lowest BCUT2D eigenvalue weighted by molar-refractivity contribution is 0.216. The van der Waals surface area contributed by atoms with Gasteiger partial charge in [0.05, 0.1) is 23.4 Å². The Morgan fingerprint density at radius 3 is 2.67 bits per heavy atom. The maximum Gasteiger partial charge on any atom is 0.192 e. The Balaban J connectivity index is 2.29.